The van der Waals surface area contributed by atoms with E-state index in [0.29, 0.717) is 6.04 Å². The number of aryl methyl sites for hydroxylation is 2. The van der Waals surface area contributed by atoms with Crippen molar-refractivity contribution in [3.8, 4) is 0 Å². The van der Waals surface area contributed by atoms with Crippen LogP contribution in [-0.4, -0.2) is 28.7 Å². The third-order valence-electron chi connectivity index (χ3n) is 3.82. The molecule has 1 aliphatic rings. The summed E-state index contributed by atoms with van der Waals surface area (Å²) in [4.78, 5) is 14.6. The molecule has 1 amide bonds. The minimum atomic E-state index is 0.183. The Morgan fingerprint density at radius 3 is 2.78 bits per heavy atom. The molecule has 2 nitrogen and oxygen atoms in total. The number of hydrogen-bond donors (Lipinski definition) is 0. The maximum atomic E-state index is 12.5. The Bertz CT molecular complexity index is 444. The highest BCUT2D eigenvalue weighted by Crippen LogP contribution is 2.22. The van der Waals surface area contributed by atoms with Crippen LogP contribution < -0.4 is 0 Å². The Kier molecular flexibility index (Phi) is 4.44. The van der Waals surface area contributed by atoms with Crippen molar-refractivity contribution < 1.29 is 4.79 Å². The number of nitrogens with zero attached hydrogens (tertiary/aromatic N) is 1. The van der Waals surface area contributed by atoms with Crippen LogP contribution >= 0.6 is 15.9 Å². The lowest BCUT2D eigenvalue weighted by Gasteiger charge is -2.35. The van der Waals surface area contributed by atoms with Crippen molar-refractivity contribution in [2.24, 2.45) is 0 Å². The zero-order valence-corrected chi connectivity index (χ0v) is 12.7. The third-order valence-corrected chi connectivity index (χ3v) is 4.57. The molecule has 2 rings (SSSR count). The number of rotatable bonds is 2. The minimum Gasteiger partial charge on any atom is -0.335 e. The summed E-state index contributed by atoms with van der Waals surface area (Å²) >= 11 is 3.52. The molecule has 0 aromatic heterocycles. The average molecular weight is 310 g/mol. The third kappa shape index (κ3) is 2.77. The van der Waals surface area contributed by atoms with Gasteiger partial charge in [-0.3, -0.25) is 4.79 Å². The molecule has 0 spiro atoms. The van der Waals surface area contributed by atoms with Gasteiger partial charge >= 0.3 is 0 Å². The van der Waals surface area contributed by atoms with E-state index in [2.05, 4.69) is 29.8 Å². The van der Waals surface area contributed by atoms with Crippen molar-refractivity contribution in [2.45, 2.75) is 39.2 Å². The molecule has 1 aromatic carbocycles. The molecule has 1 heterocycles. The molecule has 0 aliphatic carbocycles. The van der Waals surface area contributed by atoms with Gasteiger partial charge in [0.05, 0.1) is 0 Å². The fourth-order valence-corrected chi connectivity index (χ4v) is 3.14. The monoisotopic (exact) mass is 309 g/mol. The summed E-state index contributed by atoms with van der Waals surface area (Å²) in [7, 11) is 0. The molecule has 1 aliphatic heterocycles. The average Bonchev–Trinajstić information content (AvgIpc) is 2.41. The van der Waals surface area contributed by atoms with Gasteiger partial charge in [0.2, 0.25) is 0 Å². The second-order valence-electron chi connectivity index (χ2n) is 5.10. The van der Waals surface area contributed by atoms with Gasteiger partial charge in [-0.05, 0) is 56.4 Å². The van der Waals surface area contributed by atoms with Crippen LogP contribution in [0.4, 0.5) is 0 Å². The lowest BCUT2D eigenvalue weighted by atomic mass is 10.0. The summed E-state index contributed by atoms with van der Waals surface area (Å²) in [6.07, 6.45) is 3.47. The van der Waals surface area contributed by atoms with Gasteiger partial charge in [-0.1, -0.05) is 22.0 Å². The number of amides is 1. The van der Waals surface area contributed by atoms with Gasteiger partial charge in [0.25, 0.3) is 5.91 Å². The van der Waals surface area contributed by atoms with E-state index in [1.807, 2.05) is 23.1 Å². The SMILES string of the molecule is Cc1ccc(C(=O)N2CCCCC2CBr)cc1C. The van der Waals surface area contributed by atoms with Crippen molar-refractivity contribution in [2.75, 3.05) is 11.9 Å². The largest absolute Gasteiger partial charge is 0.335 e. The van der Waals surface area contributed by atoms with Crippen LogP contribution in [-0.2, 0) is 0 Å². The van der Waals surface area contributed by atoms with E-state index in [0.717, 1.165) is 30.3 Å². The number of piperidine rings is 1. The number of alkyl halides is 1. The standard InChI is InChI=1S/C15H20BrNO/c1-11-6-7-13(9-12(11)2)15(18)17-8-4-3-5-14(17)10-16/h6-7,9,14H,3-5,8,10H2,1-2H3. The van der Waals surface area contributed by atoms with Crippen LogP contribution in [0.3, 0.4) is 0 Å². The lowest BCUT2D eigenvalue weighted by Crippen LogP contribution is -2.44. The maximum Gasteiger partial charge on any atom is 0.254 e. The Labute approximate surface area is 117 Å². The number of likely N-dealkylation sites (tertiary alicyclic amines) is 1. The second-order valence-corrected chi connectivity index (χ2v) is 5.75. The summed E-state index contributed by atoms with van der Waals surface area (Å²) in [6.45, 7) is 5.03. The molecule has 98 valence electrons. The smallest absolute Gasteiger partial charge is 0.254 e. The van der Waals surface area contributed by atoms with Crippen molar-refractivity contribution >= 4 is 21.8 Å². The Morgan fingerprint density at radius 1 is 1.33 bits per heavy atom. The molecule has 18 heavy (non-hydrogen) atoms. The zero-order valence-electron chi connectivity index (χ0n) is 11.1. The molecule has 1 aromatic rings. The molecule has 1 unspecified atom stereocenters. The zero-order chi connectivity index (χ0) is 13.1. The van der Waals surface area contributed by atoms with Gasteiger partial charge in [0, 0.05) is 23.5 Å². The number of hydrogen-bond acceptors (Lipinski definition) is 1. The van der Waals surface area contributed by atoms with Crippen LogP contribution in [0.5, 0.6) is 0 Å². The Balaban J connectivity index is 2.21. The van der Waals surface area contributed by atoms with Crippen LogP contribution in [0.25, 0.3) is 0 Å². The molecule has 1 fully saturated rings. The molecular formula is C15H20BrNO. The van der Waals surface area contributed by atoms with E-state index in [-0.39, 0.29) is 5.91 Å². The first-order chi connectivity index (χ1) is 8.63. The normalized spacial score (nSPS) is 19.9. The van der Waals surface area contributed by atoms with Crippen molar-refractivity contribution in [1.82, 2.24) is 4.90 Å². The van der Waals surface area contributed by atoms with Gasteiger partial charge in [-0.25, -0.2) is 0 Å². The van der Waals surface area contributed by atoms with E-state index in [4.69, 9.17) is 0 Å². The highest BCUT2D eigenvalue weighted by atomic mass is 79.9. The second kappa shape index (κ2) is 5.87. The van der Waals surface area contributed by atoms with Gasteiger partial charge in [0.15, 0.2) is 0 Å². The summed E-state index contributed by atoms with van der Waals surface area (Å²) in [5, 5.41) is 0.879. The molecule has 0 radical (unpaired) electrons. The van der Waals surface area contributed by atoms with Crippen LogP contribution in [0.1, 0.15) is 40.7 Å². The van der Waals surface area contributed by atoms with Crippen LogP contribution in [0.2, 0.25) is 0 Å². The Morgan fingerprint density at radius 2 is 2.11 bits per heavy atom. The van der Waals surface area contributed by atoms with Crippen molar-refractivity contribution in [3.05, 3.63) is 34.9 Å². The van der Waals surface area contributed by atoms with E-state index in [1.54, 1.807) is 0 Å². The van der Waals surface area contributed by atoms with E-state index >= 15 is 0 Å². The molecule has 1 saturated heterocycles. The van der Waals surface area contributed by atoms with E-state index < -0.39 is 0 Å². The van der Waals surface area contributed by atoms with Crippen molar-refractivity contribution in [3.63, 3.8) is 0 Å². The maximum absolute atomic E-state index is 12.5. The molecular weight excluding hydrogens is 290 g/mol. The molecule has 0 bridgehead atoms. The fourth-order valence-electron chi connectivity index (χ4n) is 2.47. The quantitative estimate of drug-likeness (QED) is 0.763. The summed E-state index contributed by atoms with van der Waals surface area (Å²) < 4.78 is 0. The lowest BCUT2D eigenvalue weighted by molar-refractivity contribution is 0.0642. The van der Waals surface area contributed by atoms with Crippen LogP contribution in [0, 0.1) is 13.8 Å². The number of halogens is 1. The minimum absolute atomic E-state index is 0.183. The molecule has 3 heteroatoms. The van der Waals surface area contributed by atoms with Crippen LogP contribution in [0.15, 0.2) is 18.2 Å². The van der Waals surface area contributed by atoms with Gasteiger partial charge < -0.3 is 4.90 Å². The first-order valence-electron chi connectivity index (χ1n) is 6.57. The topological polar surface area (TPSA) is 20.3 Å². The fraction of sp³-hybridized carbons (Fsp3) is 0.533. The van der Waals surface area contributed by atoms with Gasteiger partial charge in [-0.15, -0.1) is 0 Å². The van der Waals surface area contributed by atoms with E-state index in [1.165, 1.54) is 17.5 Å². The highest BCUT2D eigenvalue weighted by molar-refractivity contribution is 9.09. The van der Waals surface area contributed by atoms with Gasteiger partial charge in [0.1, 0.15) is 0 Å². The van der Waals surface area contributed by atoms with Crippen molar-refractivity contribution in [1.29, 1.82) is 0 Å². The number of benzene rings is 1. The summed E-state index contributed by atoms with van der Waals surface area (Å²) in [6, 6.07) is 6.35. The molecule has 0 saturated carbocycles. The number of carbonyl (C=O) groups excluding carboxylic acids is 1. The first-order valence-corrected chi connectivity index (χ1v) is 7.70. The summed E-state index contributed by atoms with van der Waals surface area (Å²) in [5.41, 5.74) is 3.25. The van der Waals surface area contributed by atoms with E-state index in [9.17, 15) is 4.79 Å². The first kappa shape index (κ1) is 13.6. The molecule has 0 N–H and O–H groups in total. The predicted molar refractivity (Wildman–Crippen MR) is 78.4 cm³/mol. The molecule has 1 atom stereocenters. The Hall–Kier alpha value is -0.830. The summed E-state index contributed by atoms with van der Waals surface area (Å²) in [5.74, 6) is 0.183. The highest BCUT2D eigenvalue weighted by Gasteiger charge is 2.26. The predicted octanol–water partition coefficient (Wildman–Crippen LogP) is 3.69. The van der Waals surface area contributed by atoms with Gasteiger partial charge in [-0.2, -0.15) is 0 Å². The number of carbonyl (C=O) groups is 1.